The zero-order valence-corrected chi connectivity index (χ0v) is 14.2. The summed E-state index contributed by atoms with van der Waals surface area (Å²) in [7, 11) is -3.81. The molecule has 8 nitrogen and oxygen atoms in total. The van der Waals surface area contributed by atoms with Crippen molar-refractivity contribution in [3.05, 3.63) is 33.9 Å². The number of carbonyl (C=O) groups excluding carboxylic acids is 1. The Morgan fingerprint density at radius 1 is 1.21 bits per heavy atom. The van der Waals surface area contributed by atoms with Crippen molar-refractivity contribution in [2.24, 2.45) is 5.92 Å². The average molecular weight is 353 g/mol. The van der Waals surface area contributed by atoms with E-state index < -0.39 is 14.9 Å². The van der Waals surface area contributed by atoms with Crippen molar-refractivity contribution < 1.29 is 18.1 Å². The van der Waals surface area contributed by atoms with E-state index in [0.29, 0.717) is 13.1 Å². The van der Waals surface area contributed by atoms with Crippen LogP contribution in [0, 0.1) is 23.0 Å². The van der Waals surface area contributed by atoms with Gasteiger partial charge in [0.05, 0.1) is 9.82 Å². The summed E-state index contributed by atoms with van der Waals surface area (Å²) in [6, 6.07) is 4.06. The van der Waals surface area contributed by atoms with E-state index in [4.69, 9.17) is 0 Å². The molecule has 1 heterocycles. The highest BCUT2D eigenvalue weighted by molar-refractivity contribution is 7.89. The summed E-state index contributed by atoms with van der Waals surface area (Å²) in [5.74, 6) is 0.228. The summed E-state index contributed by atoms with van der Waals surface area (Å²) in [4.78, 5) is 24.1. The summed E-state index contributed by atoms with van der Waals surface area (Å²) in [5.41, 5.74) is -0.0717. The lowest BCUT2D eigenvalue weighted by atomic mass is 10.2. The molecule has 1 aromatic rings. The summed E-state index contributed by atoms with van der Waals surface area (Å²) >= 11 is 0. The minimum atomic E-state index is -3.81. The molecule has 1 aliphatic carbocycles. The molecule has 9 heteroatoms. The number of nitrogens with zero attached hydrogens (tertiary/aromatic N) is 3. The van der Waals surface area contributed by atoms with Gasteiger partial charge in [-0.2, -0.15) is 4.31 Å². The molecule has 2 fully saturated rings. The van der Waals surface area contributed by atoms with Gasteiger partial charge in [-0.15, -0.1) is 0 Å². The SMILES string of the molecule is Cc1c([N+](=O)[O-])cccc1S(=O)(=O)N1CCN(C(=O)C2CC2)CC1. The number of amides is 1. The smallest absolute Gasteiger partial charge is 0.273 e. The maximum absolute atomic E-state index is 12.8. The molecular formula is C15H19N3O5S. The normalized spacial score (nSPS) is 19.3. The van der Waals surface area contributed by atoms with Crippen LogP contribution in [-0.4, -0.2) is 54.6 Å². The molecule has 0 aromatic heterocycles. The third-order valence-electron chi connectivity index (χ3n) is 4.55. The largest absolute Gasteiger partial charge is 0.340 e. The molecule has 0 N–H and O–H groups in total. The Balaban J connectivity index is 1.78. The average Bonchev–Trinajstić information content (AvgIpc) is 3.39. The van der Waals surface area contributed by atoms with E-state index in [9.17, 15) is 23.3 Å². The first-order valence-electron chi connectivity index (χ1n) is 7.85. The fourth-order valence-corrected chi connectivity index (χ4v) is 4.62. The molecule has 0 atom stereocenters. The molecule has 0 unspecified atom stereocenters. The van der Waals surface area contributed by atoms with E-state index in [1.165, 1.54) is 29.4 Å². The van der Waals surface area contributed by atoms with Crippen LogP contribution in [0.5, 0.6) is 0 Å². The second-order valence-electron chi connectivity index (χ2n) is 6.16. The van der Waals surface area contributed by atoms with Gasteiger partial charge in [-0.1, -0.05) is 6.07 Å². The summed E-state index contributed by atoms with van der Waals surface area (Å²) in [5, 5.41) is 11.0. The zero-order valence-electron chi connectivity index (χ0n) is 13.3. The number of piperazine rings is 1. The standard InChI is InChI=1S/C15H19N3O5S/c1-11-13(18(20)21)3-2-4-14(11)24(22,23)17-9-7-16(8-10-17)15(19)12-5-6-12/h2-4,12H,5-10H2,1H3. The van der Waals surface area contributed by atoms with Gasteiger partial charge in [-0.25, -0.2) is 8.42 Å². The topological polar surface area (TPSA) is 101 Å². The molecule has 0 bridgehead atoms. The monoisotopic (exact) mass is 353 g/mol. The summed E-state index contributed by atoms with van der Waals surface area (Å²) in [6.45, 7) is 2.59. The lowest BCUT2D eigenvalue weighted by Gasteiger charge is -2.34. The summed E-state index contributed by atoms with van der Waals surface area (Å²) in [6.07, 6.45) is 1.84. The molecule has 130 valence electrons. The number of hydrogen-bond donors (Lipinski definition) is 0. The maximum atomic E-state index is 12.8. The van der Waals surface area contributed by atoms with Gasteiger partial charge in [-0.3, -0.25) is 14.9 Å². The highest BCUT2D eigenvalue weighted by atomic mass is 32.2. The second-order valence-corrected chi connectivity index (χ2v) is 8.07. The third kappa shape index (κ3) is 3.01. The molecule has 2 aliphatic rings. The lowest BCUT2D eigenvalue weighted by Crippen LogP contribution is -2.51. The minimum Gasteiger partial charge on any atom is -0.340 e. The quantitative estimate of drug-likeness (QED) is 0.597. The fraction of sp³-hybridized carbons (Fsp3) is 0.533. The first kappa shape index (κ1) is 16.8. The van der Waals surface area contributed by atoms with Gasteiger partial charge in [0.25, 0.3) is 5.69 Å². The van der Waals surface area contributed by atoms with E-state index in [-0.39, 0.29) is 41.1 Å². The molecule has 0 radical (unpaired) electrons. The van der Waals surface area contributed by atoms with Crippen molar-refractivity contribution in [1.82, 2.24) is 9.21 Å². The van der Waals surface area contributed by atoms with Crippen molar-refractivity contribution in [2.75, 3.05) is 26.2 Å². The third-order valence-corrected chi connectivity index (χ3v) is 6.59. The van der Waals surface area contributed by atoms with Gasteiger partial charge >= 0.3 is 0 Å². The number of carbonyl (C=O) groups is 1. The Bertz CT molecular complexity index is 780. The number of hydrogen-bond acceptors (Lipinski definition) is 5. The van der Waals surface area contributed by atoms with Gasteiger partial charge in [-0.05, 0) is 25.8 Å². The Labute approximate surface area is 140 Å². The molecular weight excluding hydrogens is 334 g/mol. The number of nitro benzene ring substituents is 1. The zero-order chi connectivity index (χ0) is 17.5. The Morgan fingerprint density at radius 3 is 2.38 bits per heavy atom. The van der Waals surface area contributed by atoms with Crippen LogP contribution in [0.1, 0.15) is 18.4 Å². The van der Waals surface area contributed by atoms with E-state index in [1.54, 1.807) is 4.90 Å². The highest BCUT2D eigenvalue weighted by Gasteiger charge is 2.37. The highest BCUT2D eigenvalue weighted by Crippen LogP contribution is 2.32. The van der Waals surface area contributed by atoms with Crippen LogP contribution in [-0.2, 0) is 14.8 Å². The lowest BCUT2D eigenvalue weighted by molar-refractivity contribution is -0.385. The number of sulfonamides is 1. The van der Waals surface area contributed by atoms with Crippen LogP contribution < -0.4 is 0 Å². The molecule has 3 rings (SSSR count). The van der Waals surface area contributed by atoms with Crippen LogP contribution in [0.4, 0.5) is 5.69 Å². The Kier molecular flexibility index (Phi) is 4.31. The van der Waals surface area contributed by atoms with Crippen molar-refractivity contribution in [3.63, 3.8) is 0 Å². The molecule has 1 aliphatic heterocycles. The summed E-state index contributed by atoms with van der Waals surface area (Å²) < 4.78 is 26.9. The number of benzene rings is 1. The van der Waals surface area contributed by atoms with Crippen LogP contribution >= 0.6 is 0 Å². The van der Waals surface area contributed by atoms with E-state index in [1.807, 2.05) is 0 Å². The van der Waals surface area contributed by atoms with Crippen LogP contribution in [0.15, 0.2) is 23.1 Å². The van der Waals surface area contributed by atoms with E-state index in [0.717, 1.165) is 12.8 Å². The Hall–Kier alpha value is -2.00. The van der Waals surface area contributed by atoms with Crippen molar-refractivity contribution >= 4 is 21.6 Å². The van der Waals surface area contributed by atoms with Crippen LogP contribution in [0.2, 0.25) is 0 Å². The van der Waals surface area contributed by atoms with Gasteiger partial charge < -0.3 is 4.90 Å². The van der Waals surface area contributed by atoms with Gasteiger partial charge in [0.1, 0.15) is 0 Å². The molecule has 0 spiro atoms. The van der Waals surface area contributed by atoms with Crippen molar-refractivity contribution in [3.8, 4) is 0 Å². The van der Waals surface area contributed by atoms with E-state index in [2.05, 4.69) is 0 Å². The van der Waals surface area contributed by atoms with Crippen molar-refractivity contribution in [2.45, 2.75) is 24.7 Å². The van der Waals surface area contributed by atoms with E-state index >= 15 is 0 Å². The van der Waals surface area contributed by atoms with Gasteiger partial charge in [0, 0.05) is 43.7 Å². The van der Waals surface area contributed by atoms with Crippen LogP contribution in [0.25, 0.3) is 0 Å². The predicted molar refractivity (Wildman–Crippen MR) is 85.9 cm³/mol. The molecule has 24 heavy (non-hydrogen) atoms. The number of nitro groups is 1. The first-order chi connectivity index (χ1) is 11.3. The molecule has 1 aromatic carbocycles. The maximum Gasteiger partial charge on any atom is 0.273 e. The molecule has 1 amide bonds. The Morgan fingerprint density at radius 2 is 1.83 bits per heavy atom. The van der Waals surface area contributed by atoms with Crippen molar-refractivity contribution in [1.29, 1.82) is 0 Å². The molecule has 1 saturated heterocycles. The molecule has 1 saturated carbocycles. The first-order valence-corrected chi connectivity index (χ1v) is 9.29. The second kappa shape index (κ2) is 6.14. The van der Waals surface area contributed by atoms with Gasteiger partial charge in [0.15, 0.2) is 0 Å². The number of rotatable bonds is 4. The predicted octanol–water partition coefficient (Wildman–Crippen LogP) is 1.15. The van der Waals surface area contributed by atoms with Crippen LogP contribution in [0.3, 0.4) is 0 Å². The minimum absolute atomic E-state index is 0.0429. The van der Waals surface area contributed by atoms with Gasteiger partial charge in [0.2, 0.25) is 15.9 Å². The fourth-order valence-electron chi connectivity index (χ4n) is 2.96.